The van der Waals surface area contributed by atoms with Crippen molar-refractivity contribution in [3.05, 3.63) is 89.0 Å². The van der Waals surface area contributed by atoms with Crippen LogP contribution in [0.3, 0.4) is 0 Å². The second-order valence-electron chi connectivity index (χ2n) is 9.56. The Bertz CT molecular complexity index is 1190. The Labute approximate surface area is 203 Å². The van der Waals surface area contributed by atoms with Gasteiger partial charge in [-0.05, 0) is 84.9 Å². The molecule has 0 unspecified atom stereocenters. The van der Waals surface area contributed by atoms with Crippen LogP contribution in [0, 0.1) is 0 Å². The van der Waals surface area contributed by atoms with Crippen molar-refractivity contribution in [1.82, 2.24) is 4.90 Å². The number of fused-ring (bicyclic) bond motifs is 1. The summed E-state index contributed by atoms with van der Waals surface area (Å²) in [5, 5.41) is 10.7. The summed E-state index contributed by atoms with van der Waals surface area (Å²) in [6, 6.07) is 23.7. The van der Waals surface area contributed by atoms with Crippen LogP contribution in [0.4, 0.5) is 5.69 Å². The lowest BCUT2D eigenvalue weighted by Crippen LogP contribution is -2.48. The van der Waals surface area contributed by atoms with Crippen molar-refractivity contribution in [3.8, 4) is 11.5 Å². The molecular weight excluding hydrogens is 420 g/mol. The third-order valence-electron chi connectivity index (χ3n) is 7.32. The molecule has 1 aliphatic heterocycles. The van der Waals surface area contributed by atoms with E-state index in [9.17, 15) is 5.11 Å². The van der Waals surface area contributed by atoms with Gasteiger partial charge in [-0.3, -0.25) is 4.90 Å². The van der Waals surface area contributed by atoms with Crippen molar-refractivity contribution >= 4 is 16.8 Å². The highest BCUT2D eigenvalue weighted by Gasteiger charge is 2.24. The molecule has 176 valence electrons. The van der Waals surface area contributed by atoms with Gasteiger partial charge in [0.15, 0.2) is 0 Å². The summed E-state index contributed by atoms with van der Waals surface area (Å²) in [6.45, 7) is 8.89. The summed E-state index contributed by atoms with van der Waals surface area (Å²) in [5.74, 6) is 1.23. The molecule has 0 atom stereocenters. The molecule has 3 aromatic rings. The first-order valence-electron chi connectivity index (χ1n) is 12.3. The van der Waals surface area contributed by atoms with Crippen molar-refractivity contribution < 1.29 is 9.84 Å². The molecule has 3 aromatic carbocycles. The van der Waals surface area contributed by atoms with Gasteiger partial charge in [-0.15, -0.1) is 0 Å². The van der Waals surface area contributed by atoms with Gasteiger partial charge in [0.1, 0.15) is 11.5 Å². The highest BCUT2D eigenvalue weighted by molar-refractivity contribution is 6.01. The number of methoxy groups -OCH3 is 1. The number of hydrogen-bond donors (Lipinski definition) is 1. The van der Waals surface area contributed by atoms with E-state index < -0.39 is 0 Å². The molecule has 1 heterocycles. The van der Waals surface area contributed by atoms with Crippen LogP contribution in [0.2, 0.25) is 0 Å². The van der Waals surface area contributed by atoms with Crippen molar-refractivity contribution in [2.24, 2.45) is 0 Å². The van der Waals surface area contributed by atoms with Crippen LogP contribution in [-0.2, 0) is 6.42 Å². The van der Waals surface area contributed by atoms with Crippen LogP contribution in [0.5, 0.6) is 11.5 Å². The van der Waals surface area contributed by atoms with Crippen LogP contribution in [-0.4, -0.2) is 49.3 Å². The highest BCUT2D eigenvalue weighted by Crippen LogP contribution is 2.44. The summed E-state index contributed by atoms with van der Waals surface area (Å²) in [7, 11) is 1.72. The number of phenols is 1. The zero-order chi connectivity index (χ0) is 23.7. The van der Waals surface area contributed by atoms with Gasteiger partial charge >= 0.3 is 0 Å². The largest absolute Gasteiger partial charge is 0.507 e. The maximum Gasteiger partial charge on any atom is 0.123 e. The zero-order valence-corrected chi connectivity index (χ0v) is 20.4. The maximum absolute atomic E-state index is 10.7. The number of aromatic hydroxyl groups is 1. The number of ether oxygens (including phenoxy) is 1. The Morgan fingerprint density at radius 2 is 1.56 bits per heavy atom. The van der Waals surface area contributed by atoms with Crippen molar-refractivity contribution in [2.45, 2.75) is 32.7 Å². The number of anilines is 1. The van der Waals surface area contributed by atoms with E-state index in [2.05, 4.69) is 60.0 Å². The van der Waals surface area contributed by atoms with Crippen molar-refractivity contribution in [3.63, 3.8) is 0 Å². The number of benzene rings is 3. The van der Waals surface area contributed by atoms with E-state index in [1.807, 2.05) is 24.3 Å². The maximum atomic E-state index is 10.7. The van der Waals surface area contributed by atoms with Crippen LogP contribution in [0.15, 0.2) is 66.7 Å². The Kier molecular flexibility index (Phi) is 6.34. The SMILES string of the molecule is COc1ccc2c(c1)CCC(c1ccccc1O)=C2c1ccc(N2CCN(C(C)C)CC2)cc1. The minimum atomic E-state index is 0.339. The number of rotatable bonds is 5. The van der Waals surface area contributed by atoms with Gasteiger partial charge < -0.3 is 14.7 Å². The van der Waals surface area contributed by atoms with Gasteiger partial charge in [-0.1, -0.05) is 36.4 Å². The molecule has 1 saturated heterocycles. The third-order valence-corrected chi connectivity index (χ3v) is 7.32. The quantitative estimate of drug-likeness (QED) is 0.526. The van der Waals surface area contributed by atoms with E-state index in [-0.39, 0.29) is 0 Å². The summed E-state index contributed by atoms with van der Waals surface area (Å²) in [5.41, 5.74) is 8.33. The van der Waals surface area contributed by atoms with Gasteiger partial charge in [0.05, 0.1) is 7.11 Å². The summed E-state index contributed by atoms with van der Waals surface area (Å²) < 4.78 is 5.49. The van der Waals surface area contributed by atoms with Gasteiger partial charge in [0, 0.05) is 43.5 Å². The molecule has 0 saturated carbocycles. The number of nitrogens with zero attached hydrogens (tertiary/aromatic N) is 2. The fourth-order valence-electron chi connectivity index (χ4n) is 5.36. The molecule has 2 aliphatic rings. The molecule has 0 amide bonds. The van der Waals surface area contributed by atoms with Gasteiger partial charge in [-0.2, -0.15) is 0 Å². The van der Waals surface area contributed by atoms with E-state index in [1.165, 1.54) is 33.5 Å². The number of aryl methyl sites for hydroxylation is 1. The molecule has 0 radical (unpaired) electrons. The zero-order valence-electron chi connectivity index (χ0n) is 20.4. The van der Waals surface area contributed by atoms with Crippen LogP contribution >= 0.6 is 0 Å². The summed E-state index contributed by atoms with van der Waals surface area (Å²) in [6.07, 6.45) is 1.81. The monoisotopic (exact) mass is 454 g/mol. The molecule has 0 bridgehead atoms. The lowest BCUT2D eigenvalue weighted by molar-refractivity contribution is 0.209. The number of para-hydroxylation sites is 1. The average Bonchev–Trinajstić information content (AvgIpc) is 2.88. The number of piperazine rings is 1. The Morgan fingerprint density at radius 3 is 2.24 bits per heavy atom. The number of hydrogen-bond acceptors (Lipinski definition) is 4. The van der Waals surface area contributed by atoms with Crippen LogP contribution in [0.1, 0.15) is 42.5 Å². The molecular formula is C30H34N2O2. The molecule has 1 fully saturated rings. The lowest BCUT2D eigenvalue weighted by atomic mass is 9.79. The first-order chi connectivity index (χ1) is 16.5. The Hall–Kier alpha value is -3.24. The van der Waals surface area contributed by atoms with E-state index in [0.29, 0.717) is 11.8 Å². The van der Waals surface area contributed by atoms with Crippen LogP contribution < -0.4 is 9.64 Å². The van der Waals surface area contributed by atoms with E-state index in [0.717, 1.165) is 50.3 Å². The predicted molar refractivity (Wildman–Crippen MR) is 141 cm³/mol. The summed E-state index contributed by atoms with van der Waals surface area (Å²) >= 11 is 0. The molecule has 4 nitrogen and oxygen atoms in total. The summed E-state index contributed by atoms with van der Waals surface area (Å²) in [4.78, 5) is 5.03. The molecule has 5 rings (SSSR count). The minimum absolute atomic E-state index is 0.339. The predicted octanol–water partition coefficient (Wildman–Crippen LogP) is 5.84. The first-order valence-corrected chi connectivity index (χ1v) is 12.3. The van der Waals surface area contributed by atoms with Gasteiger partial charge in [0.25, 0.3) is 0 Å². The van der Waals surface area contributed by atoms with E-state index in [1.54, 1.807) is 13.2 Å². The Morgan fingerprint density at radius 1 is 0.824 bits per heavy atom. The molecule has 0 aromatic heterocycles. The second kappa shape index (κ2) is 9.55. The van der Waals surface area contributed by atoms with Gasteiger partial charge in [0.2, 0.25) is 0 Å². The van der Waals surface area contributed by atoms with Crippen LogP contribution in [0.25, 0.3) is 11.1 Å². The highest BCUT2D eigenvalue weighted by atomic mass is 16.5. The fraction of sp³-hybridized carbons (Fsp3) is 0.333. The van der Waals surface area contributed by atoms with Crippen molar-refractivity contribution in [2.75, 3.05) is 38.2 Å². The molecule has 1 N–H and O–H groups in total. The topological polar surface area (TPSA) is 35.9 Å². The van der Waals surface area contributed by atoms with E-state index in [4.69, 9.17) is 4.74 Å². The standard InChI is InChI=1S/C30H34N2O2/c1-21(2)31-16-18-32(19-17-31)24-11-8-22(9-12-24)30-26-15-13-25(34-3)20-23(26)10-14-28(30)27-6-4-5-7-29(27)33/h4-9,11-13,15,20-21,33H,10,14,16-19H2,1-3H3. The minimum Gasteiger partial charge on any atom is -0.507 e. The third kappa shape index (κ3) is 4.30. The molecule has 0 spiro atoms. The number of phenolic OH excluding ortho intramolecular Hbond substituents is 1. The lowest BCUT2D eigenvalue weighted by Gasteiger charge is -2.38. The Balaban J connectivity index is 1.53. The first kappa shape index (κ1) is 22.5. The average molecular weight is 455 g/mol. The molecule has 34 heavy (non-hydrogen) atoms. The molecule has 4 heteroatoms. The van der Waals surface area contributed by atoms with Gasteiger partial charge in [-0.25, -0.2) is 0 Å². The second-order valence-corrected chi connectivity index (χ2v) is 9.56. The number of allylic oxidation sites excluding steroid dienone is 1. The molecule has 1 aliphatic carbocycles. The van der Waals surface area contributed by atoms with E-state index >= 15 is 0 Å². The fourth-order valence-corrected chi connectivity index (χ4v) is 5.36. The normalized spacial score (nSPS) is 16.6. The smallest absolute Gasteiger partial charge is 0.123 e. The van der Waals surface area contributed by atoms with Crippen molar-refractivity contribution in [1.29, 1.82) is 0 Å².